The van der Waals surface area contributed by atoms with E-state index in [4.69, 9.17) is 28.3 Å². The molecule has 7 heteroatoms. The number of nitrogens with one attached hydrogen (secondary N) is 2. The Morgan fingerprint density at radius 1 is 1.00 bits per heavy atom. The molecule has 3 rings (SSSR count). The number of nitrogens with zero attached hydrogens (tertiary/aromatic N) is 2. The van der Waals surface area contributed by atoms with Crippen LogP contribution in [0.3, 0.4) is 0 Å². The highest BCUT2D eigenvalue weighted by Crippen LogP contribution is 2.32. The third kappa shape index (κ3) is 3.47. The van der Waals surface area contributed by atoms with Gasteiger partial charge in [0.25, 0.3) is 0 Å². The molecule has 0 aliphatic heterocycles. The monoisotopic (exact) mass is 348 g/mol. The summed E-state index contributed by atoms with van der Waals surface area (Å²) in [7, 11) is 0. The average Bonchev–Trinajstić information content (AvgIpc) is 2.57. The Hall–Kier alpha value is -2.08. The zero-order chi connectivity index (χ0) is 16.2. The molecule has 3 aromatic rings. The summed E-state index contributed by atoms with van der Waals surface area (Å²) in [4.78, 5) is 8.94. The Labute approximate surface area is 143 Å². The number of para-hydroxylation sites is 1. The van der Waals surface area contributed by atoms with Crippen molar-refractivity contribution in [3.63, 3.8) is 0 Å². The van der Waals surface area contributed by atoms with Crippen LogP contribution in [0.4, 0.5) is 17.5 Å². The highest BCUT2D eigenvalue weighted by Gasteiger charge is 2.10. The maximum absolute atomic E-state index is 9.02. The summed E-state index contributed by atoms with van der Waals surface area (Å²) >= 11 is 12.2. The van der Waals surface area contributed by atoms with E-state index in [9.17, 15) is 0 Å². The maximum atomic E-state index is 9.02. The second-order valence-corrected chi connectivity index (χ2v) is 5.57. The quantitative estimate of drug-likeness (QED) is 0.647. The summed E-state index contributed by atoms with van der Waals surface area (Å²) < 4.78 is 0. The first-order valence-electron chi connectivity index (χ1n) is 7.01. The van der Waals surface area contributed by atoms with Gasteiger partial charge in [0.05, 0.1) is 27.9 Å². The van der Waals surface area contributed by atoms with Gasteiger partial charge in [0.2, 0.25) is 5.95 Å². The van der Waals surface area contributed by atoms with Crippen molar-refractivity contribution in [2.75, 3.05) is 23.8 Å². The third-order valence-electron chi connectivity index (χ3n) is 3.21. The average molecular weight is 349 g/mol. The van der Waals surface area contributed by atoms with Gasteiger partial charge < -0.3 is 15.7 Å². The molecule has 118 valence electrons. The first-order valence-corrected chi connectivity index (χ1v) is 7.77. The van der Waals surface area contributed by atoms with E-state index in [1.165, 1.54) is 0 Å². The van der Waals surface area contributed by atoms with E-state index >= 15 is 0 Å². The van der Waals surface area contributed by atoms with Gasteiger partial charge in [-0.2, -0.15) is 4.98 Å². The molecule has 0 fully saturated rings. The third-order valence-corrected chi connectivity index (χ3v) is 4.02. The summed E-state index contributed by atoms with van der Waals surface area (Å²) in [6.07, 6.45) is 0. The minimum Gasteiger partial charge on any atom is -0.395 e. The predicted octanol–water partition coefficient (Wildman–Crippen LogP) is 4.08. The molecule has 0 aliphatic carbocycles. The van der Waals surface area contributed by atoms with E-state index in [2.05, 4.69) is 20.6 Å². The van der Waals surface area contributed by atoms with Gasteiger partial charge in [0, 0.05) is 11.9 Å². The Morgan fingerprint density at radius 2 is 1.83 bits per heavy atom. The van der Waals surface area contributed by atoms with Crippen LogP contribution in [0.25, 0.3) is 10.9 Å². The van der Waals surface area contributed by atoms with Crippen LogP contribution in [0.2, 0.25) is 10.0 Å². The Balaban J connectivity index is 2.02. The van der Waals surface area contributed by atoms with Gasteiger partial charge >= 0.3 is 0 Å². The van der Waals surface area contributed by atoms with E-state index in [0.29, 0.717) is 34.0 Å². The number of hydrogen-bond donors (Lipinski definition) is 3. The van der Waals surface area contributed by atoms with Crippen LogP contribution in [0.15, 0.2) is 42.5 Å². The van der Waals surface area contributed by atoms with Gasteiger partial charge in [-0.15, -0.1) is 0 Å². The number of aliphatic hydroxyl groups is 1. The Kier molecular flexibility index (Phi) is 4.81. The number of fused-ring (bicyclic) bond motifs is 1. The fourth-order valence-corrected chi connectivity index (χ4v) is 2.51. The normalized spacial score (nSPS) is 10.7. The second-order valence-electron chi connectivity index (χ2n) is 4.79. The van der Waals surface area contributed by atoms with Gasteiger partial charge in [0.1, 0.15) is 5.82 Å². The van der Waals surface area contributed by atoms with Gasteiger partial charge in [-0.3, -0.25) is 0 Å². The van der Waals surface area contributed by atoms with Crippen LogP contribution in [0.1, 0.15) is 0 Å². The molecule has 1 aromatic heterocycles. The van der Waals surface area contributed by atoms with E-state index in [1.54, 1.807) is 18.2 Å². The van der Waals surface area contributed by atoms with E-state index < -0.39 is 0 Å². The fraction of sp³-hybridized carbons (Fsp3) is 0.125. The van der Waals surface area contributed by atoms with Crippen molar-refractivity contribution in [2.45, 2.75) is 0 Å². The van der Waals surface area contributed by atoms with Crippen molar-refractivity contribution in [3.8, 4) is 0 Å². The molecule has 0 saturated carbocycles. The molecule has 2 aromatic carbocycles. The highest BCUT2D eigenvalue weighted by atomic mass is 35.5. The van der Waals surface area contributed by atoms with E-state index in [-0.39, 0.29) is 6.61 Å². The summed E-state index contributed by atoms with van der Waals surface area (Å²) in [5, 5.41) is 16.9. The molecule has 0 saturated heterocycles. The molecule has 3 N–H and O–H groups in total. The number of aliphatic hydroxyl groups excluding tert-OH is 1. The first-order chi connectivity index (χ1) is 11.2. The summed E-state index contributed by atoms with van der Waals surface area (Å²) in [5.41, 5.74) is 1.41. The standard InChI is InChI=1S/C16H14Cl2N4O/c17-11-5-3-7-13(14(11)18)21-16-20-12-6-2-1-4-10(12)15(22-16)19-8-9-23/h1-7,23H,8-9H2,(H2,19,20,21,22). The minimum atomic E-state index is 0.0151. The van der Waals surface area contributed by atoms with Crippen LogP contribution in [0, 0.1) is 0 Å². The molecule has 0 amide bonds. The van der Waals surface area contributed by atoms with Gasteiger partial charge in [-0.05, 0) is 24.3 Å². The molecule has 0 spiro atoms. The number of halogens is 2. The highest BCUT2D eigenvalue weighted by molar-refractivity contribution is 6.43. The summed E-state index contributed by atoms with van der Waals surface area (Å²) in [6, 6.07) is 12.9. The maximum Gasteiger partial charge on any atom is 0.229 e. The lowest BCUT2D eigenvalue weighted by Crippen LogP contribution is -2.09. The molecular weight excluding hydrogens is 335 g/mol. The molecule has 0 bridgehead atoms. The predicted molar refractivity (Wildman–Crippen MR) is 94.9 cm³/mol. The molecule has 0 radical (unpaired) electrons. The molecule has 0 unspecified atom stereocenters. The fourth-order valence-electron chi connectivity index (χ4n) is 2.16. The minimum absolute atomic E-state index is 0.0151. The van der Waals surface area contributed by atoms with Crippen molar-refractivity contribution >= 4 is 51.6 Å². The lowest BCUT2D eigenvalue weighted by Gasteiger charge is -2.12. The van der Waals surface area contributed by atoms with Crippen LogP contribution in [0.5, 0.6) is 0 Å². The number of hydrogen-bond acceptors (Lipinski definition) is 5. The Bertz CT molecular complexity index is 841. The molecule has 0 atom stereocenters. The topological polar surface area (TPSA) is 70.1 Å². The van der Waals surface area contributed by atoms with Gasteiger partial charge in [-0.25, -0.2) is 4.98 Å². The number of benzene rings is 2. The van der Waals surface area contributed by atoms with Crippen LogP contribution in [-0.2, 0) is 0 Å². The van der Waals surface area contributed by atoms with Crippen LogP contribution >= 0.6 is 23.2 Å². The summed E-state index contributed by atoms with van der Waals surface area (Å²) in [5.74, 6) is 1.04. The van der Waals surface area contributed by atoms with Crippen molar-refractivity contribution < 1.29 is 5.11 Å². The van der Waals surface area contributed by atoms with E-state index in [0.717, 1.165) is 10.9 Å². The number of rotatable bonds is 5. The smallest absolute Gasteiger partial charge is 0.229 e. The van der Waals surface area contributed by atoms with E-state index in [1.807, 2.05) is 24.3 Å². The molecule has 0 aliphatic rings. The zero-order valence-corrected chi connectivity index (χ0v) is 13.6. The SMILES string of the molecule is OCCNc1nc(Nc2cccc(Cl)c2Cl)nc2ccccc12. The number of aromatic nitrogens is 2. The second kappa shape index (κ2) is 7.00. The number of anilines is 3. The molecule has 5 nitrogen and oxygen atoms in total. The molecular formula is C16H14Cl2N4O. The summed E-state index contributed by atoms with van der Waals surface area (Å²) in [6.45, 7) is 0.416. The molecule has 23 heavy (non-hydrogen) atoms. The van der Waals surface area contributed by atoms with Crippen LogP contribution in [-0.4, -0.2) is 28.2 Å². The van der Waals surface area contributed by atoms with Crippen molar-refractivity contribution in [2.24, 2.45) is 0 Å². The largest absolute Gasteiger partial charge is 0.395 e. The first kappa shape index (κ1) is 15.8. The van der Waals surface area contributed by atoms with Crippen molar-refractivity contribution in [3.05, 3.63) is 52.5 Å². The van der Waals surface area contributed by atoms with Crippen LogP contribution < -0.4 is 10.6 Å². The van der Waals surface area contributed by atoms with Crippen molar-refractivity contribution in [1.29, 1.82) is 0 Å². The molecule has 1 heterocycles. The van der Waals surface area contributed by atoms with Gasteiger partial charge in [0.15, 0.2) is 0 Å². The van der Waals surface area contributed by atoms with Gasteiger partial charge in [-0.1, -0.05) is 41.4 Å². The van der Waals surface area contributed by atoms with Crippen molar-refractivity contribution in [1.82, 2.24) is 9.97 Å². The lowest BCUT2D eigenvalue weighted by molar-refractivity contribution is 0.311. The zero-order valence-electron chi connectivity index (χ0n) is 12.1. The Morgan fingerprint density at radius 3 is 2.65 bits per heavy atom. The lowest BCUT2D eigenvalue weighted by atomic mass is 10.2.